The number of carboxylic acids is 1. The number of hydrogen-bond donors (Lipinski definition) is 1. The molecule has 0 atom stereocenters. The molecule has 0 amide bonds. The van der Waals surface area contributed by atoms with Crippen LogP contribution in [0.25, 0.3) is 0 Å². The fourth-order valence-corrected chi connectivity index (χ4v) is 0.540. The maximum atomic E-state index is 10.00. The van der Waals surface area contributed by atoms with Crippen LogP contribution in [0.4, 0.5) is 0 Å². The predicted molar refractivity (Wildman–Crippen MR) is 26.1 cm³/mol. The number of carboxylic acid groups (broad SMARTS) is 1. The van der Waals surface area contributed by atoms with Crippen molar-refractivity contribution in [1.29, 1.82) is 0 Å². The van der Waals surface area contributed by atoms with E-state index in [1.54, 1.807) is 0 Å². The molecule has 0 radical (unpaired) electrons. The summed E-state index contributed by atoms with van der Waals surface area (Å²) in [5.74, 6) is -0.846. The molecule has 3 heteroatoms. The molecule has 8 heavy (non-hydrogen) atoms. The van der Waals surface area contributed by atoms with Crippen LogP contribution in [0.5, 0.6) is 0 Å². The van der Waals surface area contributed by atoms with Gasteiger partial charge >= 0.3 is 58.2 Å². The van der Waals surface area contributed by atoms with E-state index in [-0.39, 0.29) is 0 Å². The molecule has 0 aromatic rings. The van der Waals surface area contributed by atoms with Crippen LogP contribution in [0.2, 0.25) is 0 Å². The van der Waals surface area contributed by atoms with E-state index >= 15 is 0 Å². The van der Waals surface area contributed by atoms with Crippen molar-refractivity contribution in [1.82, 2.24) is 0 Å². The molecule has 0 aromatic carbocycles. The Labute approximate surface area is 58.6 Å². The van der Waals surface area contributed by atoms with Crippen molar-refractivity contribution < 1.29 is 29.3 Å². The van der Waals surface area contributed by atoms with Crippen molar-refractivity contribution in [3.8, 4) is 0 Å². The van der Waals surface area contributed by atoms with Crippen LogP contribution in [0.3, 0.4) is 0 Å². The first-order valence-corrected chi connectivity index (χ1v) is 3.44. The van der Waals surface area contributed by atoms with Gasteiger partial charge in [0.15, 0.2) is 0 Å². The van der Waals surface area contributed by atoms with E-state index < -0.39 is 5.97 Å². The molecule has 0 fully saturated rings. The molecule has 0 bridgehead atoms. The first-order chi connectivity index (χ1) is 3.68. The van der Waals surface area contributed by atoms with Crippen LogP contribution in [-0.2, 0) is 24.1 Å². The first-order valence-electron chi connectivity index (χ1n) is 1.98. The molecule has 0 unspecified atom stereocenters. The van der Waals surface area contributed by atoms with Crippen molar-refractivity contribution in [2.45, 2.75) is 6.42 Å². The second-order valence-corrected chi connectivity index (χ2v) is 2.94. The zero-order valence-corrected chi connectivity index (χ0v) is 7.06. The van der Waals surface area contributed by atoms with Crippen molar-refractivity contribution in [3.05, 3.63) is 12.7 Å². The van der Waals surface area contributed by atoms with Crippen molar-refractivity contribution in [2.75, 3.05) is 0 Å². The van der Waals surface area contributed by atoms with Gasteiger partial charge in [0.25, 0.3) is 0 Å². The van der Waals surface area contributed by atoms with Gasteiger partial charge in [0.2, 0.25) is 0 Å². The molecule has 0 saturated carbocycles. The van der Waals surface area contributed by atoms with E-state index in [1.165, 1.54) is 6.08 Å². The van der Waals surface area contributed by atoms with Crippen LogP contribution in [0.15, 0.2) is 6.08 Å². The number of hydrogen-bond acceptors (Lipinski definition) is 1. The minimum absolute atomic E-state index is 0.394. The minimum atomic E-state index is -0.846. The fraction of sp³-hybridized carbons (Fsp3) is 0.200. The second-order valence-electron chi connectivity index (χ2n) is 1.17. The Kier molecular flexibility index (Phi) is 3.62. The summed E-state index contributed by atoms with van der Waals surface area (Å²) in [6.45, 7) is 4.97. The molecule has 44 valence electrons. The Balaban J connectivity index is 3.65. The molecule has 0 aromatic heterocycles. The van der Waals surface area contributed by atoms with Crippen LogP contribution in [0, 0.1) is 6.58 Å². The van der Waals surface area contributed by atoms with Crippen LogP contribution < -0.4 is 0 Å². The number of rotatable bonds is 3. The first kappa shape index (κ1) is 7.77. The van der Waals surface area contributed by atoms with Gasteiger partial charge in [-0.1, -0.05) is 0 Å². The normalized spacial score (nSPS) is 8.00. The molecule has 0 aliphatic rings. The number of carbonyl (C=O) groups is 1. The molecule has 0 saturated heterocycles. The summed E-state index contributed by atoms with van der Waals surface area (Å²) in [5.41, 5.74) is 0. The molecule has 0 spiro atoms. The Bertz CT molecular complexity index is 128. The maximum absolute atomic E-state index is 10.00. The quantitative estimate of drug-likeness (QED) is 0.749. The van der Waals surface area contributed by atoms with Gasteiger partial charge < -0.3 is 0 Å². The summed E-state index contributed by atoms with van der Waals surface area (Å²) >= 11 is 0.967. The van der Waals surface area contributed by atoms with Gasteiger partial charge in [-0.25, -0.2) is 0 Å². The van der Waals surface area contributed by atoms with Crippen LogP contribution >= 0.6 is 0 Å². The van der Waals surface area contributed by atoms with Gasteiger partial charge in [0, 0.05) is 0 Å². The Morgan fingerprint density at radius 1 is 1.88 bits per heavy atom. The Morgan fingerprint density at radius 2 is 2.38 bits per heavy atom. The predicted octanol–water partition coefficient (Wildman–Crippen LogP) is 0.169. The van der Waals surface area contributed by atoms with E-state index in [0.717, 1.165) is 19.4 Å². The molecular weight excluding hydrogens is 276 g/mol. The number of aliphatic carboxylic acids is 1. The van der Waals surface area contributed by atoms with E-state index in [2.05, 4.69) is 0 Å². The summed E-state index contributed by atoms with van der Waals surface area (Å²) in [6, 6.07) is 0. The van der Waals surface area contributed by atoms with Crippen LogP contribution in [0.1, 0.15) is 6.42 Å². The van der Waals surface area contributed by atoms with Crippen molar-refractivity contribution >= 4 is 9.87 Å². The second kappa shape index (κ2) is 3.73. The molecular formula is C5H5O2W-. The third-order valence-corrected chi connectivity index (χ3v) is 1.77. The molecule has 0 aliphatic carbocycles. The summed E-state index contributed by atoms with van der Waals surface area (Å²) < 4.78 is 0.451. The third-order valence-electron chi connectivity index (χ3n) is 0.542. The molecule has 0 aliphatic heterocycles. The van der Waals surface area contributed by atoms with Gasteiger partial charge in [-0.05, 0) is 0 Å². The fourth-order valence-electron chi connectivity index (χ4n) is 0.194. The van der Waals surface area contributed by atoms with Gasteiger partial charge in [0.05, 0.1) is 0 Å². The summed E-state index contributed by atoms with van der Waals surface area (Å²) in [7, 11) is 0. The van der Waals surface area contributed by atoms with E-state index in [9.17, 15) is 4.79 Å². The van der Waals surface area contributed by atoms with Gasteiger partial charge in [-0.3, -0.25) is 0 Å². The van der Waals surface area contributed by atoms with Crippen LogP contribution in [-0.4, -0.2) is 15.0 Å². The number of allylic oxidation sites excluding steroid dienone is 1. The average molecular weight is 281 g/mol. The average Bonchev–Trinajstić information content (AvgIpc) is 1.67. The van der Waals surface area contributed by atoms with Crippen molar-refractivity contribution in [3.63, 3.8) is 0 Å². The third kappa shape index (κ3) is 2.86. The monoisotopic (exact) mass is 281 g/mol. The van der Waals surface area contributed by atoms with Gasteiger partial charge in [-0.2, -0.15) is 0 Å². The standard InChI is InChI=1S/C5H5O2.W/c1-2-3-4-5(6)7;/h1-2H,3H2,(H,6,7);/q-1;. The summed E-state index contributed by atoms with van der Waals surface area (Å²) in [5, 5.41) is 8.22. The molecule has 0 rings (SSSR count). The summed E-state index contributed by atoms with van der Waals surface area (Å²) in [4.78, 5) is 10.00. The van der Waals surface area contributed by atoms with Gasteiger partial charge in [0.1, 0.15) is 0 Å². The zero-order chi connectivity index (χ0) is 6.57. The van der Waals surface area contributed by atoms with Gasteiger partial charge in [-0.15, -0.1) is 0 Å². The van der Waals surface area contributed by atoms with E-state index in [4.69, 9.17) is 11.7 Å². The topological polar surface area (TPSA) is 37.3 Å². The zero-order valence-electron chi connectivity index (χ0n) is 4.13. The molecule has 1 N–H and O–H groups in total. The van der Waals surface area contributed by atoms with E-state index in [0.29, 0.717) is 10.3 Å². The molecule has 0 heterocycles. The Morgan fingerprint density at radius 3 is 2.50 bits per heavy atom. The summed E-state index contributed by atoms with van der Waals surface area (Å²) in [6.07, 6.45) is 1.74. The Hall–Kier alpha value is -0.232. The van der Waals surface area contributed by atoms with Crippen molar-refractivity contribution in [2.24, 2.45) is 0 Å². The SMILES string of the molecule is [CH-]=CC[C](=[W])C(=O)O. The van der Waals surface area contributed by atoms with E-state index in [1.807, 2.05) is 0 Å². The molecule has 2 nitrogen and oxygen atoms in total.